The Labute approximate surface area is 193 Å². The number of carbonyl (C=O) groups is 1. The minimum absolute atomic E-state index is 0.00867. The fraction of sp³-hybridized carbons (Fsp3) is 0.520. The number of hydrogen-bond donors (Lipinski definition) is 1. The van der Waals surface area contributed by atoms with E-state index < -0.39 is 12.0 Å². The van der Waals surface area contributed by atoms with Crippen LogP contribution in [-0.2, 0) is 27.3 Å². The van der Waals surface area contributed by atoms with E-state index >= 15 is 0 Å². The molecular formula is C25H30ClNO5. The van der Waals surface area contributed by atoms with Gasteiger partial charge in [-0.1, -0.05) is 31.5 Å². The van der Waals surface area contributed by atoms with Gasteiger partial charge in [0.25, 0.3) is 5.56 Å². The van der Waals surface area contributed by atoms with E-state index in [4.69, 9.17) is 21.1 Å². The van der Waals surface area contributed by atoms with Crippen LogP contribution in [0, 0.1) is 5.92 Å². The summed E-state index contributed by atoms with van der Waals surface area (Å²) in [4.78, 5) is 25.3. The topological polar surface area (TPSA) is 77.8 Å². The number of halogens is 1. The summed E-state index contributed by atoms with van der Waals surface area (Å²) in [5.74, 6) is -0.724. The fourth-order valence-electron chi connectivity index (χ4n) is 4.65. The first kappa shape index (κ1) is 23.0. The van der Waals surface area contributed by atoms with Gasteiger partial charge in [-0.05, 0) is 60.4 Å². The van der Waals surface area contributed by atoms with Crippen LogP contribution < -0.4 is 5.56 Å². The first-order chi connectivity index (χ1) is 15.3. The average Bonchev–Trinajstić information content (AvgIpc) is 2.75. The number of pyridine rings is 1. The van der Waals surface area contributed by atoms with Crippen molar-refractivity contribution in [1.82, 2.24) is 4.57 Å². The molecule has 2 aliphatic rings. The monoisotopic (exact) mass is 459 g/mol. The molecule has 172 valence electrons. The van der Waals surface area contributed by atoms with Gasteiger partial charge in [0.15, 0.2) is 0 Å². The lowest BCUT2D eigenvalue weighted by Crippen LogP contribution is -2.34. The third-order valence-electron chi connectivity index (χ3n) is 6.52. The summed E-state index contributed by atoms with van der Waals surface area (Å²) in [6.45, 7) is 5.18. The van der Waals surface area contributed by atoms with Gasteiger partial charge in [0.05, 0.1) is 18.8 Å². The van der Waals surface area contributed by atoms with Crippen LogP contribution in [0.25, 0.3) is 11.1 Å². The van der Waals surface area contributed by atoms with Gasteiger partial charge in [-0.3, -0.25) is 4.79 Å². The number of hydrogen-bond acceptors (Lipinski definition) is 4. The second-order valence-corrected chi connectivity index (χ2v) is 9.57. The highest BCUT2D eigenvalue weighted by molar-refractivity contribution is 6.30. The number of fused-ring (bicyclic) bond motifs is 3. The van der Waals surface area contributed by atoms with Crippen molar-refractivity contribution >= 4 is 17.6 Å². The zero-order valence-corrected chi connectivity index (χ0v) is 19.3. The predicted molar refractivity (Wildman–Crippen MR) is 123 cm³/mol. The number of carboxylic acids is 1. The summed E-state index contributed by atoms with van der Waals surface area (Å²) in [5.41, 5.74) is 3.17. The van der Waals surface area contributed by atoms with Gasteiger partial charge >= 0.3 is 5.97 Å². The van der Waals surface area contributed by atoms with E-state index in [0.717, 1.165) is 47.9 Å². The summed E-state index contributed by atoms with van der Waals surface area (Å²) in [5, 5.41) is 10.5. The molecule has 32 heavy (non-hydrogen) atoms. The van der Waals surface area contributed by atoms with Crippen LogP contribution >= 0.6 is 11.6 Å². The molecule has 2 unspecified atom stereocenters. The van der Waals surface area contributed by atoms with E-state index in [-0.39, 0.29) is 24.2 Å². The molecule has 6 nitrogen and oxygen atoms in total. The van der Waals surface area contributed by atoms with Crippen molar-refractivity contribution in [3.05, 3.63) is 57.0 Å². The number of carboxylic acid groups (broad SMARTS) is 1. The second kappa shape index (κ2) is 9.77. The van der Waals surface area contributed by atoms with Gasteiger partial charge in [0.2, 0.25) is 0 Å². The van der Waals surface area contributed by atoms with Crippen molar-refractivity contribution in [2.75, 3.05) is 6.61 Å². The molecule has 1 N–H and O–H groups in total. The summed E-state index contributed by atoms with van der Waals surface area (Å²) < 4.78 is 13.3. The van der Waals surface area contributed by atoms with Crippen molar-refractivity contribution in [2.24, 2.45) is 5.92 Å². The molecule has 0 radical (unpaired) electrons. The lowest BCUT2D eigenvalue weighted by atomic mass is 9.89. The maximum atomic E-state index is 13.1. The van der Waals surface area contributed by atoms with Crippen LogP contribution in [0.4, 0.5) is 0 Å². The van der Waals surface area contributed by atoms with Crippen LogP contribution in [0.1, 0.15) is 56.7 Å². The number of rotatable bonds is 5. The zero-order valence-electron chi connectivity index (χ0n) is 18.6. The normalized spacial score (nSPS) is 21.9. The highest BCUT2D eigenvalue weighted by Gasteiger charge is 2.29. The maximum Gasteiger partial charge on any atom is 0.326 e. The van der Waals surface area contributed by atoms with E-state index in [1.165, 1.54) is 10.6 Å². The lowest BCUT2D eigenvalue weighted by molar-refractivity contribution is -0.142. The standard InChI is InChI=1S/C25H30ClNO5/c1-15(2)23-9-16-6-7-18(26)10-20(16)21-12-24(28)27(13-17(21)14-32-23)22(25(29)30)11-19-5-3-4-8-31-19/h6-7,10,12-13,15,19,22-23H,3-5,8-9,11,14H2,1-2H3,(H,29,30)/t19-,22?,23?/m0/s1. The Hall–Kier alpha value is -2.15. The SMILES string of the molecule is CC(C)C1Cc2ccc(Cl)cc2-c2cc(=O)n(C(C[C@@H]3CCCCO3)C(=O)O)cc2CO1. The quantitative estimate of drug-likeness (QED) is 0.691. The van der Waals surface area contributed by atoms with Gasteiger partial charge in [-0.2, -0.15) is 0 Å². The minimum Gasteiger partial charge on any atom is -0.480 e. The number of nitrogens with zero attached hydrogens (tertiary/aromatic N) is 1. The van der Waals surface area contributed by atoms with E-state index in [0.29, 0.717) is 24.2 Å². The molecule has 1 aromatic carbocycles. The molecule has 2 aromatic rings. The van der Waals surface area contributed by atoms with E-state index in [1.54, 1.807) is 6.20 Å². The molecule has 0 spiro atoms. The first-order valence-corrected chi connectivity index (χ1v) is 11.7. The molecule has 0 bridgehead atoms. The van der Waals surface area contributed by atoms with Crippen molar-refractivity contribution in [3.8, 4) is 11.1 Å². The summed E-state index contributed by atoms with van der Waals surface area (Å²) in [6.07, 6.45) is 5.33. The Kier molecular flexibility index (Phi) is 7.03. The Balaban J connectivity index is 1.78. The molecule has 0 saturated carbocycles. The van der Waals surface area contributed by atoms with Crippen LogP contribution in [0.2, 0.25) is 5.02 Å². The number of aliphatic carboxylic acids is 1. The zero-order chi connectivity index (χ0) is 22.8. The summed E-state index contributed by atoms with van der Waals surface area (Å²) >= 11 is 6.30. The minimum atomic E-state index is -1.03. The van der Waals surface area contributed by atoms with Gasteiger partial charge in [-0.25, -0.2) is 4.79 Å². The highest BCUT2D eigenvalue weighted by atomic mass is 35.5. The molecule has 0 aliphatic carbocycles. The van der Waals surface area contributed by atoms with Crippen molar-refractivity contribution in [1.29, 1.82) is 0 Å². The third-order valence-corrected chi connectivity index (χ3v) is 6.76. The molecule has 1 aromatic heterocycles. The van der Waals surface area contributed by atoms with Crippen LogP contribution in [0.3, 0.4) is 0 Å². The Bertz CT molecular complexity index is 1040. The Morgan fingerprint density at radius 2 is 1.97 bits per heavy atom. The smallest absolute Gasteiger partial charge is 0.326 e. The largest absolute Gasteiger partial charge is 0.480 e. The molecule has 3 atom stereocenters. The molecule has 1 fully saturated rings. The summed E-state index contributed by atoms with van der Waals surface area (Å²) in [6, 6.07) is 6.26. The van der Waals surface area contributed by atoms with Crippen molar-refractivity contribution in [2.45, 2.75) is 70.8 Å². The van der Waals surface area contributed by atoms with Crippen molar-refractivity contribution < 1.29 is 19.4 Å². The molecule has 2 aliphatic heterocycles. The van der Waals surface area contributed by atoms with Gasteiger partial charge in [-0.15, -0.1) is 0 Å². The summed E-state index contributed by atoms with van der Waals surface area (Å²) in [7, 11) is 0. The lowest BCUT2D eigenvalue weighted by Gasteiger charge is -2.29. The van der Waals surface area contributed by atoms with Gasteiger partial charge in [0, 0.05) is 35.9 Å². The molecule has 4 rings (SSSR count). The predicted octanol–water partition coefficient (Wildman–Crippen LogP) is 4.85. The first-order valence-electron chi connectivity index (χ1n) is 11.3. The highest BCUT2D eigenvalue weighted by Crippen LogP contribution is 2.34. The number of aromatic nitrogens is 1. The van der Waals surface area contributed by atoms with Gasteiger partial charge < -0.3 is 19.1 Å². The average molecular weight is 460 g/mol. The Morgan fingerprint density at radius 1 is 1.19 bits per heavy atom. The molecule has 3 heterocycles. The van der Waals surface area contributed by atoms with Gasteiger partial charge in [0.1, 0.15) is 6.04 Å². The van der Waals surface area contributed by atoms with E-state index in [1.807, 2.05) is 18.2 Å². The third kappa shape index (κ3) is 4.92. The van der Waals surface area contributed by atoms with Crippen LogP contribution in [0.15, 0.2) is 35.3 Å². The van der Waals surface area contributed by atoms with E-state index in [2.05, 4.69) is 13.8 Å². The van der Waals surface area contributed by atoms with Crippen LogP contribution in [-0.4, -0.2) is 34.5 Å². The van der Waals surface area contributed by atoms with E-state index in [9.17, 15) is 14.7 Å². The second-order valence-electron chi connectivity index (χ2n) is 9.14. The molecular weight excluding hydrogens is 430 g/mol. The maximum absolute atomic E-state index is 13.1. The Morgan fingerprint density at radius 3 is 2.66 bits per heavy atom. The number of ether oxygens (including phenoxy) is 2. The number of benzene rings is 1. The molecule has 7 heteroatoms. The molecule has 1 saturated heterocycles. The molecule has 0 amide bonds. The van der Waals surface area contributed by atoms with Crippen molar-refractivity contribution in [3.63, 3.8) is 0 Å². The fourth-order valence-corrected chi connectivity index (χ4v) is 4.83. The van der Waals surface area contributed by atoms with Crippen LogP contribution in [0.5, 0.6) is 0 Å².